The van der Waals surface area contributed by atoms with Gasteiger partial charge in [0.25, 0.3) is 0 Å². The third-order valence-electron chi connectivity index (χ3n) is 5.65. The van der Waals surface area contributed by atoms with Crippen molar-refractivity contribution in [1.29, 1.82) is 0 Å². The van der Waals surface area contributed by atoms with Gasteiger partial charge in [-0.2, -0.15) is 0 Å². The fourth-order valence-corrected chi connectivity index (χ4v) is 4.29. The smallest absolute Gasteiger partial charge is 0.193 e. The molecule has 0 bridgehead atoms. The summed E-state index contributed by atoms with van der Waals surface area (Å²) in [6.07, 6.45) is 3.99. The van der Waals surface area contributed by atoms with E-state index in [1.165, 1.54) is 48.7 Å². The van der Waals surface area contributed by atoms with Crippen molar-refractivity contribution in [2.24, 2.45) is 4.99 Å². The summed E-state index contributed by atoms with van der Waals surface area (Å²) >= 11 is 0. The minimum absolute atomic E-state index is 0.707. The van der Waals surface area contributed by atoms with E-state index < -0.39 is 0 Å². The Kier molecular flexibility index (Phi) is 4.88. The molecular formula is C21H28N4. The predicted molar refractivity (Wildman–Crippen MR) is 105 cm³/mol. The van der Waals surface area contributed by atoms with Crippen molar-refractivity contribution in [1.82, 2.24) is 15.1 Å². The third kappa shape index (κ3) is 3.49. The summed E-state index contributed by atoms with van der Waals surface area (Å²) in [6.45, 7) is 5.59. The molecule has 4 nitrogen and oxygen atoms in total. The van der Waals surface area contributed by atoms with Crippen LogP contribution in [0.1, 0.15) is 24.8 Å². The molecule has 132 valence electrons. The van der Waals surface area contributed by atoms with E-state index in [1.807, 2.05) is 7.05 Å². The van der Waals surface area contributed by atoms with E-state index in [0.29, 0.717) is 6.04 Å². The number of nitrogens with one attached hydrogen (secondary N) is 1. The molecule has 4 heteroatoms. The second-order valence-corrected chi connectivity index (χ2v) is 7.17. The van der Waals surface area contributed by atoms with Crippen LogP contribution in [0.2, 0.25) is 0 Å². The fraction of sp³-hybridized carbons (Fsp3) is 0.476. The maximum Gasteiger partial charge on any atom is 0.193 e. The van der Waals surface area contributed by atoms with Crippen LogP contribution in [0.15, 0.2) is 47.5 Å². The number of nitrogens with zero attached hydrogens (tertiary/aromatic N) is 3. The van der Waals surface area contributed by atoms with Gasteiger partial charge in [0.15, 0.2) is 5.96 Å². The first-order valence-electron chi connectivity index (χ1n) is 9.51. The first kappa shape index (κ1) is 16.4. The Morgan fingerprint density at radius 1 is 1.08 bits per heavy atom. The molecule has 4 rings (SSSR count). The van der Waals surface area contributed by atoms with Crippen LogP contribution >= 0.6 is 0 Å². The van der Waals surface area contributed by atoms with Crippen LogP contribution < -0.4 is 5.32 Å². The number of hydrogen-bond donors (Lipinski definition) is 1. The molecule has 0 amide bonds. The highest BCUT2D eigenvalue weighted by molar-refractivity contribution is 5.86. The summed E-state index contributed by atoms with van der Waals surface area (Å²) in [6, 6.07) is 15.8. The van der Waals surface area contributed by atoms with Gasteiger partial charge in [-0.15, -0.1) is 0 Å². The maximum atomic E-state index is 4.54. The Hall–Kier alpha value is -2.07. The average molecular weight is 336 g/mol. The van der Waals surface area contributed by atoms with Gasteiger partial charge in [-0.1, -0.05) is 42.5 Å². The molecule has 1 atom stereocenters. The molecule has 1 N–H and O–H groups in total. The Morgan fingerprint density at radius 2 is 1.88 bits per heavy atom. The standard InChI is InChI=1S/C21H28N4/c1-22-21(25-14-11-19(16-25)24-12-4-5-13-24)23-15-18-9-6-8-17-7-2-3-10-20(17)18/h2-3,6-10,19H,4-5,11-16H2,1H3,(H,22,23). The molecule has 25 heavy (non-hydrogen) atoms. The van der Waals surface area contributed by atoms with Gasteiger partial charge in [0, 0.05) is 32.7 Å². The van der Waals surface area contributed by atoms with E-state index in [4.69, 9.17) is 0 Å². The molecule has 2 aromatic rings. The number of aliphatic imine (C=N–C) groups is 1. The number of guanidine groups is 1. The van der Waals surface area contributed by atoms with Crippen molar-refractivity contribution in [3.8, 4) is 0 Å². The molecule has 0 saturated carbocycles. The molecule has 2 aliphatic heterocycles. The highest BCUT2D eigenvalue weighted by Gasteiger charge is 2.30. The summed E-state index contributed by atoms with van der Waals surface area (Å²) in [5, 5.41) is 6.21. The van der Waals surface area contributed by atoms with Crippen LogP contribution in [0.3, 0.4) is 0 Å². The van der Waals surface area contributed by atoms with Gasteiger partial charge in [-0.3, -0.25) is 9.89 Å². The van der Waals surface area contributed by atoms with E-state index in [1.54, 1.807) is 0 Å². The number of hydrogen-bond acceptors (Lipinski definition) is 2. The lowest BCUT2D eigenvalue weighted by Gasteiger charge is -2.25. The van der Waals surface area contributed by atoms with Crippen molar-refractivity contribution < 1.29 is 0 Å². The van der Waals surface area contributed by atoms with Gasteiger partial charge in [0.2, 0.25) is 0 Å². The molecule has 2 aliphatic rings. The molecule has 0 aliphatic carbocycles. The predicted octanol–water partition coefficient (Wildman–Crippen LogP) is 3.09. The Bertz CT molecular complexity index is 743. The zero-order valence-electron chi connectivity index (χ0n) is 15.1. The lowest BCUT2D eigenvalue weighted by Crippen LogP contribution is -2.42. The molecule has 0 aromatic heterocycles. The van der Waals surface area contributed by atoms with Gasteiger partial charge in [0.1, 0.15) is 0 Å². The molecule has 2 heterocycles. The summed E-state index contributed by atoms with van der Waals surface area (Å²) in [4.78, 5) is 9.63. The monoisotopic (exact) mass is 336 g/mol. The lowest BCUT2D eigenvalue weighted by molar-refractivity contribution is 0.249. The topological polar surface area (TPSA) is 30.9 Å². The highest BCUT2D eigenvalue weighted by atomic mass is 15.3. The minimum atomic E-state index is 0.707. The summed E-state index contributed by atoms with van der Waals surface area (Å²) in [5.41, 5.74) is 1.33. The normalized spacial score (nSPS) is 22.0. The molecule has 2 saturated heterocycles. The van der Waals surface area contributed by atoms with Crippen molar-refractivity contribution in [2.45, 2.75) is 31.8 Å². The third-order valence-corrected chi connectivity index (χ3v) is 5.65. The Balaban J connectivity index is 1.41. The lowest BCUT2D eigenvalue weighted by atomic mass is 10.0. The number of benzene rings is 2. The SMILES string of the molecule is CN=C(NCc1cccc2ccccc12)N1CCC(N2CCCC2)C1. The summed E-state index contributed by atoms with van der Waals surface area (Å²) < 4.78 is 0. The zero-order chi connectivity index (χ0) is 17.1. The molecule has 2 fully saturated rings. The van der Waals surface area contributed by atoms with Crippen LogP contribution in [0.25, 0.3) is 10.8 Å². The first-order chi connectivity index (χ1) is 12.3. The van der Waals surface area contributed by atoms with E-state index in [2.05, 4.69) is 62.6 Å². The van der Waals surface area contributed by atoms with E-state index in [0.717, 1.165) is 25.6 Å². The van der Waals surface area contributed by atoms with Crippen molar-refractivity contribution in [3.63, 3.8) is 0 Å². The van der Waals surface area contributed by atoms with Gasteiger partial charge < -0.3 is 10.2 Å². The first-order valence-corrected chi connectivity index (χ1v) is 9.51. The van der Waals surface area contributed by atoms with E-state index >= 15 is 0 Å². The van der Waals surface area contributed by atoms with Gasteiger partial charge in [0.05, 0.1) is 0 Å². The van der Waals surface area contributed by atoms with Crippen LogP contribution in [0.5, 0.6) is 0 Å². The average Bonchev–Trinajstić information content (AvgIpc) is 3.34. The van der Waals surface area contributed by atoms with Crippen molar-refractivity contribution >= 4 is 16.7 Å². The Labute approximate surface area is 150 Å². The van der Waals surface area contributed by atoms with Crippen LogP contribution in [0.4, 0.5) is 0 Å². The molecule has 1 unspecified atom stereocenters. The number of likely N-dealkylation sites (tertiary alicyclic amines) is 2. The van der Waals surface area contributed by atoms with Crippen LogP contribution in [-0.4, -0.2) is 55.0 Å². The molecule has 0 radical (unpaired) electrons. The maximum absolute atomic E-state index is 4.54. The van der Waals surface area contributed by atoms with E-state index in [-0.39, 0.29) is 0 Å². The Morgan fingerprint density at radius 3 is 2.72 bits per heavy atom. The van der Waals surface area contributed by atoms with Gasteiger partial charge in [-0.25, -0.2) is 0 Å². The largest absolute Gasteiger partial charge is 0.352 e. The number of fused-ring (bicyclic) bond motifs is 1. The number of rotatable bonds is 3. The zero-order valence-corrected chi connectivity index (χ0v) is 15.1. The molecular weight excluding hydrogens is 308 g/mol. The second kappa shape index (κ2) is 7.44. The fourth-order valence-electron chi connectivity index (χ4n) is 4.29. The highest BCUT2D eigenvalue weighted by Crippen LogP contribution is 2.21. The molecule has 2 aromatic carbocycles. The second-order valence-electron chi connectivity index (χ2n) is 7.17. The van der Waals surface area contributed by atoms with Gasteiger partial charge in [-0.05, 0) is 48.7 Å². The summed E-state index contributed by atoms with van der Waals surface area (Å²) in [7, 11) is 1.90. The van der Waals surface area contributed by atoms with E-state index in [9.17, 15) is 0 Å². The summed E-state index contributed by atoms with van der Waals surface area (Å²) in [5.74, 6) is 1.04. The van der Waals surface area contributed by atoms with Crippen LogP contribution in [-0.2, 0) is 6.54 Å². The minimum Gasteiger partial charge on any atom is -0.352 e. The quantitative estimate of drug-likeness (QED) is 0.690. The van der Waals surface area contributed by atoms with Crippen LogP contribution in [0, 0.1) is 0 Å². The van der Waals surface area contributed by atoms with Crippen molar-refractivity contribution in [2.75, 3.05) is 33.2 Å². The van der Waals surface area contributed by atoms with Crippen molar-refractivity contribution in [3.05, 3.63) is 48.0 Å². The molecule has 0 spiro atoms. The van der Waals surface area contributed by atoms with Gasteiger partial charge >= 0.3 is 0 Å².